The van der Waals surface area contributed by atoms with Crippen molar-refractivity contribution in [3.63, 3.8) is 0 Å². The average molecular weight is 318 g/mol. The molecule has 23 heavy (non-hydrogen) atoms. The Morgan fingerprint density at radius 3 is 2.30 bits per heavy atom. The molecular formula is C15H18N4O4. The summed E-state index contributed by atoms with van der Waals surface area (Å²) >= 11 is 0. The number of aromatic nitrogens is 2. The number of carbonyl (C=O) groups is 1. The molecule has 0 atom stereocenters. The normalized spacial score (nSPS) is 14.7. The average Bonchev–Trinajstić information content (AvgIpc) is 3.15. The highest BCUT2D eigenvalue weighted by molar-refractivity contribution is 5.91. The maximum Gasteiger partial charge on any atom is 0.289 e. The van der Waals surface area contributed by atoms with Crippen LogP contribution in [-0.2, 0) is 0 Å². The van der Waals surface area contributed by atoms with Crippen LogP contribution in [-0.4, -0.2) is 61.2 Å². The Labute approximate surface area is 133 Å². The quantitative estimate of drug-likeness (QED) is 0.833. The van der Waals surface area contributed by atoms with Gasteiger partial charge in [0.25, 0.3) is 5.91 Å². The van der Waals surface area contributed by atoms with Crippen LogP contribution < -0.4 is 14.4 Å². The van der Waals surface area contributed by atoms with Crippen LogP contribution in [0.5, 0.6) is 11.8 Å². The van der Waals surface area contributed by atoms with E-state index < -0.39 is 0 Å². The lowest BCUT2D eigenvalue weighted by molar-refractivity contribution is 0.0714. The topological polar surface area (TPSA) is 80.9 Å². The Bertz CT molecular complexity index is 644. The zero-order chi connectivity index (χ0) is 16.2. The van der Waals surface area contributed by atoms with Gasteiger partial charge in [-0.15, -0.1) is 0 Å². The molecule has 1 fully saturated rings. The van der Waals surface area contributed by atoms with E-state index in [1.807, 2.05) is 4.90 Å². The predicted octanol–water partition coefficient (Wildman–Crippen LogP) is 1.05. The van der Waals surface area contributed by atoms with Crippen molar-refractivity contribution >= 4 is 11.9 Å². The molecule has 0 bridgehead atoms. The summed E-state index contributed by atoms with van der Waals surface area (Å²) in [6.07, 6.45) is 1.50. The standard InChI is InChI=1S/C15H18N4O4/c1-21-12-10-13(22-2)17-15(16-12)19-7-5-18(6-8-19)14(20)11-4-3-9-23-11/h3-4,9-10H,5-8H2,1-2H3. The van der Waals surface area contributed by atoms with Crippen LogP contribution in [0.15, 0.2) is 28.9 Å². The molecule has 8 heteroatoms. The molecule has 0 aromatic carbocycles. The number of hydrogen-bond donors (Lipinski definition) is 0. The molecule has 1 aliphatic heterocycles. The molecule has 2 aromatic heterocycles. The zero-order valence-electron chi connectivity index (χ0n) is 13.1. The Morgan fingerprint density at radius 2 is 1.78 bits per heavy atom. The minimum Gasteiger partial charge on any atom is -0.481 e. The fourth-order valence-electron chi connectivity index (χ4n) is 2.41. The van der Waals surface area contributed by atoms with E-state index in [9.17, 15) is 4.79 Å². The molecule has 0 spiro atoms. The lowest BCUT2D eigenvalue weighted by Crippen LogP contribution is -2.49. The third-order valence-corrected chi connectivity index (χ3v) is 3.67. The SMILES string of the molecule is COc1cc(OC)nc(N2CCN(C(=O)c3ccco3)CC2)n1. The van der Waals surface area contributed by atoms with Crippen molar-refractivity contribution < 1.29 is 18.7 Å². The second kappa shape index (κ2) is 6.55. The second-order valence-electron chi connectivity index (χ2n) is 5.01. The summed E-state index contributed by atoms with van der Waals surface area (Å²) in [5.41, 5.74) is 0. The monoisotopic (exact) mass is 318 g/mol. The first-order valence-corrected chi connectivity index (χ1v) is 7.26. The highest BCUT2D eigenvalue weighted by atomic mass is 16.5. The molecule has 1 saturated heterocycles. The van der Waals surface area contributed by atoms with Crippen LogP contribution >= 0.6 is 0 Å². The maximum absolute atomic E-state index is 12.2. The summed E-state index contributed by atoms with van der Waals surface area (Å²) in [5.74, 6) is 1.68. The van der Waals surface area contributed by atoms with E-state index in [0.29, 0.717) is 49.6 Å². The van der Waals surface area contributed by atoms with Gasteiger partial charge in [0, 0.05) is 26.2 Å². The minimum absolute atomic E-state index is 0.0983. The van der Waals surface area contributed by atoms with Crippen molar-refractivity contribution in [1.29, 1.82) is 0 Å². The summed E-state index contributed by atoms with van der Waals surface area (Å²) < 4.78 is 15.5. The van der Waals surface area contributed by atoms with Crippen molar-refractivity contribution in [2.75, 3.05) is 45.3 Å². The van der Waals surface area contributed by atoms with Crippen molar-refractivity contribution in [3.8, 4) is 11.8 Å². The molecule has 0 saturated carbocycles. The zero-order valence-corrected chi connectivity index (χ0v) is 13.1. The number of furan rings is 1. The van der Waals surface area contributed by atoms with E-state index >= 15 is 0 Å². The Kier molecular flexibility index (Phi) is 4.31. The van der Waals surface area contributed by atoms with Gasteiger partial charge in [-0.25, -0.2) is 0 Å². The fourth-order valence-corrected chi connectivity index (χ4v) is 2.41. The van der Waals surface area contributed by atoms with Gasteiger partial charge in [0.05, 0.1) is 26.5 Å². The molecular weight excluding hydrogens is 300 g/mol. The summed E-state index contributed by atoms with van der Waals surface area (Å²) in [6, 6.07) is 5.00. The second-order valence-corrected chi connectivity index (χ2v) is 5.01. The molecule has 3 rings (SSSR count). The van der Waals surface area contributed by atoms with E-state index in [0.717, 1.165) is 0 Å². The molecule has 122 valence electrons. The van der Waals surface area contributed by atoms with Gasteiger partial charge in [0.2, 0.25) is 17.7 Å². The lowest BCUT2D eigenvalue weighted by Gasteiger charge is -2.34. The Balaban J connectivity index is 1.68. The number of carbonyl (C=O) groups excluding carboxylic acids is 1. The van der Waals surface area contributed by atoms with E-state index in [-0.39, 0.29) is 5.91 Å². The van der Waals surface area contributed by atoms with Gasteiger partial charge in [-0.3, -0.25) is 4.79 Å². The molecule has 1 amide bonds. The van der Waals surface area contributed by atoms with Crippen LogP contribution in [0.3, 0.4) is 0 Å². The van der Waals surface area contributed by atoms with E-state index in [2.05, 4.69) is 9.97 Å². The number of amides is 1. The van der Waals surface area contributed by atoms with Crippen molar-refractivity contribution in [2.24, 2.45) is 0 Å². The third kappa shape index (κ3) is 3.20. The van der Waals surface area contributed by atoms with E-state index in [1.54, 1.807) is 37.3 Å². The molecule has 0 aliphatic carbocycles. The first-order valence-electron chi connectivity index (χ1n) is 7.26. The molecule has 3 heterocycles. The highest BCUT2D eigenvalue weighted by Gasteiger charge is 2.25. The first-order chi connectivity index (χ1) is 11.2. The van der Waals surface area contributed by atoms with Gasteiger partial charge in [-0.05, 0) is 12.1 Å². The third-order valence-electron chi connectivity index (χ3n) is 3.67. The number of rotatable bonds is 4. The molecule has 0 N–H and O–H groups in total. The minimum atomic E-state index is -0.0983. The predicted molar refractivity (Wildman–Crippen MR) is 82.0 cm³/mol. The fraction of sp³-hybridized carbons (Fsp3) is 0.400. The van der Waals surface area contributed by atoms with Gasteiger partial charge < -0.3 is 23.7 Å². The molecule has 8 nitrogen and oxygen atoms in total. The Hall–Kier alpha value is -2.77. The molecule has 2 aromatic rings. The molecule has 0 unspecified atom stereocenters. The first kappa shape index (κ1) is 15.1. The maximum atomic E-state index is 12.2. The van der Waals surface area contributed by atoms with E-state index in [1.165, 1.54) is 6.26 Å². The number of hydrogen-bond acceptors (Lipinski definition) is 7. The molecule has 1 aliphatic rings. The van der Waals surface area contributed by atoms with Gasteiger partial charge in [0.15, 0.2) is 5.76 Å². The van der Waals surface area contributed by atoms with Crippen LogP contribution in [0.4, 0.5) is 5.95 Å². The largest absolute Gasteiger partial charge is 0.481 e. The molecule has 0 radical (unpaired) electrons. The van der Waals surface area contributed by atoms with Gasteiger partial charge in [-0.1, -0.05) is 0 Å². The van der Waals surface area contributed by atoms with Crippen LogP contribution in [0.1, 0.15) is 10.6 Å². The number of anilines is 1. The lowest BCUT2D eigenvalue weighted by atomic mass is 10.3. The van der Waals surface area contributed by atoms with Crippen LogP contribution in [0, 0.1) is 0 Å². The van der Waals surface area contributed by atoms with Crippen molar-refractivity contribution in [1.82, 2.24) is 14.9 Å². The van der Waals surface area contributed by atoms with Gasteiger partial charge >= 0.3 is 0 Å². The summed E-state index contributed by atoms with van der Waals surface area (Å²) in [6.45, 7) is 2.40. The smallest absolute Gasteiger partial charge is 0.289 e. The summed E-state index contributed by atoms with van der Waals surface area (Å²) in [4.78, 5) is 24.7. The number of nitrogens with zero attached hydrogens (tertiary/aromatic N) is 4. The van der Waals surface area contributed by atoms with Crippen molar-refractivity contribution in [2.45, 2.75) is 0 Å². The van der Waals surface area contributed by atoms with E-state index in [4.69, 9.17) is 13.9 Å². The number of methoxy groups -OCH3 is 2. The van der Waals surface area contributed by atoms with Gasteiger partial charge in [-0.2, -0.15) is 9.97 Å². The van der Waals surface area contributed by atoms with Crippen LogP contribution in [0.2, 0.25) is 0 Å². The van der Waals surface area contributed by atoms with Crippen LogP contribution in [0.25, 0.3) is 0 Å². The highest BCUT2D eigenvalue weighted by Crippen LogP contribution is 2.21. The Morgan fingerprint density at radius 1 is 1.13 bits per heavy atom. The van der Waals surface area contributed by atoms with Crippen molar-refractivity contribution in [3.05, 3.63) is 30.2 Å². The summed E-state index contributed by atoms with van der Waals surface area (Å²) in [5, 5.41) is 0. The van der Waals surface area contributed by atoms with Gasteiger partial charge in [0.1, 0.15) is 0 Å². The summed E-state index contributed by atoms with van der Waals surface area (Å²) in [7, 11) is 3.09. The number of piperazine rings is 1. The number of ether oxygens (including phenoxy) is 2.